The molecule has 0 aliphatic carbocycles. The molecule has 0 saturated carbocycles. The summed E-state index contributed by atoms with van der Waals surface area (Å²) < 4.78 is 8.27. The number of para-hydroxylation sites is 2. The smallest absolute Gasteiger partial charge is 0.243 e. The number of nitrogens with zero attached hydrogens (tertiary/aromatic N) is 2. The van der Waals surface area contributed by atoms with E-state index in [0.717, 1.165) is 62.2 Å². The number of unbranched alkanes of at least 4 members (excludes halogenated alkanes) is 2. The highest BCUT2D eigenvalue weighted by Crippen LogP contribution is 2.19. The van der Waals surface area contributed by atoms with E-state index in [1.165, 1.54) is 17.2 Å². The van der Waals surface area contributed by atoms with Crippen LogP contribution in [0.3, 0.4) is 0 Å². The third-order valence-corrected chi connectivity index (χ3v) is 5.42. The Hall–Kier alpha value is -3.08. The molecular weight excluding hydrogens is 386 g/mol. The van der Waals surface area contributed by atoms with Gasteiger partial charge in [0.2, 0.25) is 5.91 Å². The molecule has 31 heavy (non-hydrogen) atoms. The second-order valence-corrected chi connectivity index (χ2v) is 7.67. The minimum atomic E-state index is -0.106. The maximum atomic E-state index is 11.2. The molecule has 0 bridgehead atoms. The van der Waals surface area contributed by atoms with E-state index in [-0.39, 0.29) is 5.91 Å². The van der Waals surface area contributed by atoms with Gasteiger partial charge in [0, 0.05) is 19.5 Å². The summed E-state index contributed by atoms with van der Waals surface area (Å²) in [6.07, 6.45) is 7.28. The number of aryl methyl sites for hydroxylation is 3. The van der Waals surface area contributed by atoms with Crippen molar-refractivity contribution < 1.29 is 9.53 Å². The fourth-order valence-corrected chi connectivity index (χ4v) is 3.67. The first-order valence-corrected chi connectivity index (χ1v) is 11.3. The van der Waals surface area contributed by atoms with Crippen molar-refractivity contribution in [3.05, 3.63) is 72.6 Å². The fourth-order valence-electron chi connectivity index (χ4n) is 3.67. The molecule has 1 heterocycles. The zero-order valence-electron chi connectivity index (χ0n) is 18.5. The number of ether oxygens (including phenoxy) is 1. The average Bonchev–Trinajstić information content (AvgIpc) is 3.16. The third-order valence-electron chi connectivity index (χ3n) is 5.42. The fraction of sp³-hybridized carbons (Fsp3) is 0.385. The zero-order chi connectivity index (χ0) is 21.9. The van der Waals surface area contributed by atoms with E-state index in [1.807, 2.05) is 18.2 Å². The first kappa shape index (κ1) is 22.6. The molecule has 0 fully saturated rings. The van der Waals surface area contributed by atoms with Crippen LogP contribution < -0.4 is 10.1 Å². The topological polar surface area (TPSA) is 56.2 Å². The van der Waals surface area contributed by atoms with E-state index >= 15 is 0 Å². The lowest BCUT2D eigenvalue weighted by molar-refractivity contribution is -0.116. The molecule has 0 aliphatic heterocycles. The molecule has 0 unspecified atom stereocenters. The summed E-state index contributed by atoms with van der Waals surface area (Å²) in [5.74, 6) is 1.95. The number of imidazole rings is 1. The molecule has 1 amide bonds. The maximum absolute atomic E-state index is 11.2. The first-order chi connectivity index (χ1) is 15.2. The van der Waals surface area contributed by atoms with E-state index in [0.29, 0.717) is 13.2 Å². The predicted molar refractivity (Wildman–Crippen MR) is 126 cm³/mol. The number of nitrogens with one attached hydrogen (secondary N) is 1. The van der Waals surface area contributed by atoms with Crippen LogP contribution in [0, 0.1) is 0 Å². The summed E-state index contributed by atoms with van der Waals surface area (Å²) in [6, 6.07) is 16.7. The minimum absolute atomic E-state index is 0.106. The van der Waals surface area contributed by atoms with E-state index in [1.54, 1.807) is 0 Å². The third kappa shape index (κ3) is 6.71. The maximum Gasteiger partial charge on any atom is 0.243 e. The Morgan fingerprint density at radius 3 is 2.68 bits per heavy atom. The molecule has 0 spiro atoms. The van der Waals surface area contributed by atoms with Crippen LogP contribution >= 0.6 is 0 Å². The Morgan fingerprint density at radius 1 is 1.10 bits per heavy atom. The monoisotopic (exact) mass is 419 g/mol. The van der Waals surface area contributed by atoms with Gasteiger partial charge in [-0.15, -0.1) is 0 Å². The highest BCUT2D eigenvalue weighted by atomic mass is 16.5. The number of hydrogen-bond donors (Lipinski definition) is 1. The Labute approximate surface area is 185 Å². The van der Waals surface area contributed by atoms with Crippen molar-refractivity contribution in [1.29, 1.82) is 0 Å². The summed E-state index contributed by atoms with van der Waals surface area (Å²) in [7, 11) is 0. The van der Waals surface area contributed by atoms with Gasteiger partial charge in [0.05, 0.1) is 17.6 Å². The molecule has 0 aliphatic rings. The van der Waals surface area contributed by atoms with Crippen molar-refractivity contribution in [2.24, 2.45) is 0 Å². The van der Waals surface area contributed by atoms with Crippen molar-refractivity contribution in [2.45, 2.75) is 52.0 Å². The van der Waals surface area contributed by atoms with Crippen LogP contribution in [0.15, 0.2) is 61.2 Å². The van der Waals surface area contributed by atoms with Gasteiger partial charge in [0.25, 0.3) is 0 Å². The number of hydrogen-bond acceptors (Lipinski definition) is 3. The zero-order valence-corrected chi connectivity index (χ0v) is 18.5. The Balaban J connectivity index is 1.51. The van der Waals surface area contributed by atoms with E-state index in [9.17, 15) is 4.79 Å². The molecule has 5 nitrogen and oxygen atoms in total. The first-order valence-electron chi connectivity index (χ1n) is 11.3. The van der Waals surface area contributed by atoms with Crippen LogP contribution in [0.4, 0.5) is 0 Å². The van der Waals surface area contributed by atoms with Crippen molar-refractivity contribution in [3.63, 3.8) is 0 Å². The Bertz CT molecular complexity index is 976. The van der Waals surface area contributed by atoms with Crippen LogP contribution in [0.1, 0.15) is 44.0 Å². The molecule has 2 aromatic carbocycles. The van der Waals surface area contributed by atoms with Crippen LogP contribution in [0.5, 0.6) is 5.75 Å². The van der Waals surface area contributed by atoms with Crippen LogP contribution in [-0.2, 0) is 24.2 Å². The number of carbonyl (C=O) groups excluding carboxylic acids is 1. The quantitative estimate of drug-likeness (QED) is 0.310. The lowest BCUT2D eigenvalue weighted by Crippen LogP contribution is -2.21. The molecule has 0 atom stereocenters. The van der Waals surface area contributed by atoms with Gasteiger partial charge in [0.15, 0.2) is 0 Å². The van der Waals surface area contributed by atoms with E-state index < -0.39 is 0 Å². The number of fused-ring (bicyclic) bond motifs is 1. The second-order valence-electron chi connectivity index (χ2n) is 7.67. The standard InChI is InChI=1S/C26H33N3O2/c1-3-21-14-16-22(17-15-21)31-20-10-19-29-24-12-8-7-11-23(24)28-25(29)13-6-5-9-18-27-26(30)4-2/h4,7-8,11-12,14-17H,2-3,5-6,9-10,13,18-20H2,1H3,(H,27,30). The normalized spacial score (nSPS) is 10.9. The number of carbonyl (C=O) groups is 1. The SMILES string of the molecule is C=CC(=O)NCCCCCc1nc2ccccc2n1CCCOc1ccc(CC)cc1. The van der Waals surface area contributed by atoms with Gasteiger partial charge in [-0.2, -0.15) is 0 Å². The van der Waals surface area contributed by atoms with Gasteiger partial charge in [-0.25, -0.2) is 4.98 Å². The Morgan fingerprint density at radius 2 is 1.90 bits per heavy atom. The molecule has 5 heteroatoms. The van der Waals surface area contributed by atoms with Crippen LogP contribution in [0.25, 0.3) is 11.0 Å². The van der Waals surface area contributed by atoms with Crippen LogP contribution in [0.2, 0.25) is 0 Å². The van der Waals surface area contributed by atoms with Crippen LogP contribution in [-0.4, -0.2) is 28.6 Å². The summed E-state index contributed by atoms with van der Waals surface area (Å²) in [4.78, 5) is 16.1. The highest BCUT2D eigenvalue weighted by Gasteiger charge is 2.10. The van der Waals surface area contributed by atoms with Crippen molar-refractivity contribution in [2.75, 3.05) is 13.2 Å². The van der Waals surface area contributed by atoms with Gasteiger partial charge in [-0.1, -0.05) is 44.2 Å². The molecule has 0 saturated heterocycles. The van der Waals surface area contributed by atoms with Gasteiger partial charge in [-0.3, -0.25) is 4.79 Å². The minimum Gasteiger partial charge on any atom is -0.494 e. The molecule has 164 valence electrons. The van der Waals surface area contributed by atoms with E-state index in [4.69, 9.17) is 9.72 Å². The Kier molecular flexibility index (Phi) is 8.71. The lowest BCUT2D eigenvalue weighted by Gasteiger charge is -2.11. The molecule has 3 rings (SSSR count). The molecular formula is C26H33N3O2. The average molecular weight is 420 g/mol. The van der Waals surface area contributed by atoms with Crippen molar-refractivity contribution >= 4 is 16.9 Å². The summed E-state index contributed by atoms with van der Waals surface area (Å²) in [5.41, 5.74) is 3.56. The van der Waals surface area contributed by atoms with Crippen molar-refractivity contribution in [3.8, 4) is 5.75 Å². The van der Waals surface area contributed by atoms with Gasteiger partial charge in [-0.05, 0) is 61.6 Å². The van der Waals surface area contributed by atoms with Gasteiger partial charge < -0.3 is 14.6 Å². The summed E-state index contributed by atoms with van der Waals surface area (Å²) >= 11 is 0. The van der Waals surface area contributed by atoms with E-state index in [2.05, 4.69) is 53.7 Å². The number of amides is 1. The number of aromatic nitrogens is 2. The number of benzene rings is 2. The summed E-state index contributed by atoms with van der Waals surface area (Å²) in [5, 5.41) is 2.83. The van der Waals surface area contributed by atoms with Gasteiger partial charge in [0.1, 0.15) is 11.6 Å². The second kappa shape index (κ2) is 11.9. The molecule has 1 aromatic heterocycles. The highest BCUT2D eigenvalue weighted by molar-refractivity contribution is 5.86. The molecule has 0 radical (unpaired) electrons. The predicted octanol–water partition coefficient (Wildman–Crippen LogP) is 5.08. The van der Waals surface area contributed by atoms with Crippen molar-refractivity contribution in [1.82, 2.24) is 14.9 Å². The molecule has 1 N–H and O–H groups in total. The lowest BCUT2D eigenvalue weighted by atomic mass is 10.2. The van der Waals surface area contributed by atoms with Gasteiger partial charge >= 0.3 is 0 Å². The largest absolute Gasteiger partial charge is 0.494 e. The molecule has 3 aromatic rings. The summed E-state index contributed by atoms with van der Waals surface area (Å²) in [6.45, 7) is 7.89. The number of rotatable bonds is 13.